The summed E-state index contributed by atoms with van der Waals surface area (Å²) >= 11 is 6.62. The highest BCUT2D eigenvalue weighted by Crippen LogP contribution is 2.33. The van der Waals surface area contributed by atoms with Crippen molar-refractivity contribution in [2.45, 2.75) is 48.9 Å². The molecule has 1 heterocycles. The van der Waals surface area contributed by atoms with Crippen molar-refractivity contribution >= 4 is 49.8 Å². The quantitative estimate of drug-likeness (QED) is 0.376. The molecule has 0 aliphatic carbocycles. The third kappa shape index (κ3) is 5.55. The minimum absolute atomic E-state index is 0.118. The number of hydrogen-bond donors (Lipinski definition) is 0. The number of rotatable bonds is 4. The third-order valence-electron chi connectivity index (χ3n) is 2.61. The summed E-state index contributed by atoms with van der Waals surface area (Å²) in [4.78, 5) is 33.0. The number of alkyl halides is 2. The van der Waals surface area contributed by atoms with E-state index in [0.29, 0.717) is 0 Å². The molecule has 1 aliphatic heterocycles. The fraction of sp³-hybridized carbons (Fsp3) is 0.750. The van der Waals surface area contributed by atoms with Gasteiger partial charge in [-0.1, -0.05) is 31.9 Å². The number of halogens is 2. The maximum absolute atomic E-state index is 11.3. The molecule has 7 nitrogen and oxygen atoms in total. The molecule has 0 saturated carbocycles. The van der Waals surface area contributed by atoms with Crippen LogP contribution < -0.4 is 0 Å². The summed E-state index contributed by atoms with van der Waals surface area (Å²) in [7, 11) is 0. The number of hydrogen-bond acceptors (Lipinski definition) is 7. The second-order valence-corrected chi connectivity index (χ2v) is 6.38. The molecule has 0 amide bonds. The van der Waals surface area contributed by atoms with Gasteiger partial charge in [0.05, 0.1) is 4.83 Å². The van der Waals surface area contributed by atoms with Crippen molar-refractivity contribution in [3.8, 4) is 0 Å². The Kier molecular flexibility index (Phi) is 7.08. The first-order valence-corrected chi connectivity index (χ1v) is 7.97. The molecule has 9 heteroatoms. The highest BCUT2D eigenvalue weighted by atomic mass is 79.9. The summed E-state index contributed by atoms with van der Waals surface area (Å²) in [6, 6.07) is 0. The van der Waals surface area contributed by atoms with Crippen LogP contribution in [0.1, 0.15) is 20.8 Å². The number of carbonyl (C=O) groups excluding carboxylic acids is 3. The van der Waals surface area contributed by atoms with Gasteiger partial charge in [-0.05, 0) is 0 Å². The van der Waals surface area contributed by atoms with Gasteiger partial charge >= 0.3 is 17.9 Å². The highest BCUT2D eigenvalue weighted by molar-refractivity contribution is 9.12. The van der Waals surface area contributed by atoms with Gasteiger partial charge in [-0.2, -0.15) is 0 Å². The highest BCUT2D eigenvalue weighted by Gasteiger charge is 2.48. The molecule has 1 aliphatic rings. The van der Waals surface area contributed by atoms with Crippen LogP contribution in [0.3, 0.4) is 0 Å². The van der Waals surface area contributed by atoms with Crippen molar-refractivity contribution < 1.29 is 33.3 Å². The third-order valence-corrected chi connectivity index (χ3v) is 5.11. The maximum atomic E-state index is 11.3. The van der Waals surface area contributed by atoms with Crippen LogP contribution in [0.4, 0.5) is 0 Å². The smallest absolute Gasteiger partial charge is 0.303 e. The van der Waals surface area contributed by atoms with Gasteiger partial charge in [0.2, 0.25) is 0 Å². The first-order valence-electron chi connectivity index (χ1n) is 6.13. The van der Waals surface area contributed by atoms with Crippen molar-refractivity contribution in [2.75, 3.05) is 6.61 Å². The lowest BCUT2D eigenvalue weighted by molar-refractivity contribution is -0.201. The molecule has 0 N–H and O–H groups in total. The van der Waals surface area contributed by atoms with Gasteiger partial charge in [0, 0.05) is 20.8 Å². The van der Waals surface area contributed by atoms with Gasteiger partial charge in [0.25, 0.3) is 0 Å². The number of esters is 3. The Balaban J connectivity index is 2.94. The Bertz CT molecular complexity index is 414. The molecule has 0 aromatic rings. The van der Waals surface area contributed by atoms with E-state index in [9.17, 15) is 14.4 Å². The topological polar surface area (TPSA) is 88.1 Å². The van der Waals surface area contributed by atoms with Crippen LogP contribution in [0.5, 0.6) is 0 Å². The minimum Gasteiger partial charge on any atom is -0.463 e. The monoisotopic (exact) mass is 430 g/mol. The van der Waals surface area contributed by atoms with Crippen molar-refractivity contribution in [3.05, 3.63) is 0 Å². The van der Waals surface area contributed by atoms with E-state index in [1.54, 1.807) is 0 Å². The molecule has 1 rings (SSSR count). The summed E-state index contributed by atoms with van der Waals surface area (Å²) in [6.07, 6.45) is -2.41. The molecular formula is C12H16Br2O7. The molecule has 0 unspecified atom stereocenters. The van der Waals surface area contributed by atoms with E-state index in [1.807, 2.05) is 0 Å². The minimum atomic E-state index is -0.885. The summed E-state index contributed by atoms with van der Waals surface area (Å²) in [6.45, 7) is 3.63. The molecule has 1 fully saturated rings. The van der Waals surface area contributed by atoms with Crippen LogP contribution in [-0.2, 0) is 33.3 Å². The molecule has 0 radical (unpaired) electrons. The van der Waals surface area contributed by atoms with Crippen molar-refractivity contribution in [1.82, 2.24) is 0 Å². The first-order chi connectivity index (χ1) is 9.72. The van der Waals surface area contributed by atoms with Gasteiger partial charge in [0.1, 0.15) is 17.7 Å². The lowest BCUT2D eigenvalue weighted by Gasteiger charge is -2.41. The molecule has 0 spiro atoms. The molecule has 0 aromatic heterocycles. The van der Waals surface area contributed by atoms with E-state index in [4.69, 9.17) is 18.9 Å². The van der Waals surface area contributed by atoms with Crippen molar-refractivity contribution in [2.24, 2.45) is 0 Å². The normalized spacial score (nSPS) is 32.1. The van der Waals surface area contributed by atoms with Crippen molar-refractivity contribution in [3.63, 3.8) is 0 Å². The Hall–Kier alpha value is -0.670. The van der Waals surface area contributed by atoms with E-state index >= 15 is 0 Å². The predicted molar refractivity (Wildman–Crippen MR) is 78.0 cm³/mol. The van der Waals surface area contributed by atoms with Crippen LogP contribution >= 0.6 is 31.9 Å². The van der Waals surface area contributed by atoms with E-state index < -0.39 is 46.1 Å². The van der Waals surface area contributed by atoms with Gasteiger partial charge in [-0.25, -0.2) is 0 Å². The number of ether oxygens (including phenoxy) is 4. The molecule has 21 heavy (non-hydrogen) atoms. The zero-order valence-electron chi connectivity index (χ0n) is 11.7. The van der Waals surface area contributed by atoms with Gasteiger partial charge in [-0.3, -0.25) is 14.4 Å². The first kappa shape index (κ1) is 18.4. The van der Waals surface area contributed by atoms with Crippen LogP contribution in [-0.4, -0.2) is 52.7 Å². The Morgan fingerprint density at radius 1 is 0.952 bits per heavy atom. The Morgan fingerprint density at radius 3 is 1.95 bits per heavy atom. The molecule has 120 valence electrons. The second-order valence-electron chi connectivity index (χ2n) is 4.42. The SMILES string of the molecule is CC(=O)OC[C@H]1O[C@H](Br)[C@@H](Br)[C@@H](OC(C)=O)[C@@H]1OC(C)=O. The van der Waals surface area contributed by atoms with Gasteiger partial charge < -0.3 is 18.9 Å². The van der Waals surface area contributed by atoms with E-state index in [2.05, 4.69) is 31.9 Å². The lowest BCUT2D eigenvalue weighted by atomic mass is 10.0. The number of carbonyl (C=O) groups is 3. The standard InChI is InChI=1S/C12H16Br2O7/c1-5(15)18-4-8-10(19-6(2)16)11(20-7(3)17)9(13)12(14)21-8/h8-12H,4H2,1-3H3/t8-,9+,10-,11-,12+/m1/s1. The van der Waals surface area contributed by atoms with E-state index in [1.165, 1.54) is 20.8 Å². The van der Waals surface area contributed by atoms with Crippen LogP contribution in [0.25, 0.3) is 0 Å². The zero-order valence-corrected chi connectivity index (χ0v) is 14.9. The maximum Gasteiger partial charge on any atom is 0.303 e. The van der Waals surface area contributed by atoms with Crippen LogP contribution in [0.15, 0.2) is 0 Å². The molecule has 5 atom stereocenters. The van der Waals surface area contributed by atoms with E-state index in [0.717, 1.165) is 0 Å². The van der Waals surface area contributed by atoms with E-state index in [-0.39, 0.29) is 6.61 Å². The van der Waals surface area contributed by atoms with Crippen LogP contribution in [0, 0.1) is 0 Å². The zero-order chi connectivity index (χ0) is 16.2. The fourth-order valence-corrected chi connectivity index (χ4v) is 2.96. The summed E-state index contributed by atoms with van der Waals surface area (Å²) < 4.78 is 20.9. The van der Waals surface area contributed by atoms with Crippen LogP contribution in [0.2, 0.25) is 0 Å². The lowest BCUT2D eigenvalue weighted by Crippen LogP contribution is -2.58. The Morgan fingerprint density at radius 2 is 1.48 bits per heavy atom. The molecule has 0 bridgehead atoms. The largest absolute Gasteiger partial charge is 0.463 e. The fourth-order valence-electron chi connectivity index (χ4n) is 1.85. The summed E-state index contributed by atoms with van der Waals surface area (Å²) in [5, 5.41) is -0.505. The van der Waals surface area contributed by atoms with Crippen molar-refractivity contribution in [1.29, 1.82) is 0 Å². The summed E-state index contributed by atoms with van der Waals surface area (Å²) in [5.74, 6) is -1.56. The summed E-state index contributed by atoms with van der Waals surface area (Å²) in [5.41, 5.74) is 0. The van der Waals surface area contributed by atoms with Gasteiger partial charge in [-0.15, -0.1) is 0 Å². The average Bonchev–Trinajstić information content (AvgIpc) is 2.35. The molecular weight excluding hydrogens is 416 g/mol. The Labute approximate surface area is 138 Å². The second kappa shape index (κ2) is 8.09. The molecule has 0 aromatic carbocycles. The van der Waals surface area contributed by atoms with Gasteiger partial charge in [0.15, 0.2) is 12.2 Å². The predicted octanol–water partition coefficient (Wildman–Crippen LogP) is 1.30. The average molecular weight is 432 g/mol. The molecule has 1 saturated heterocycles.